The molecule has 1 aromatic carbocycles. The first kappa shape index (κ1) is 12.7. The molecule has 2 nitrogen and oxygen atoms in total. The van der Waals surface area contributed by atoms with E-state index in [0.29, 0.717) is 12.0 Å². The number of hydrogen-bond acceptors (Lipinski definition) is 2. The fraction of sp³-hybridized carbons (Fsp3) is 0.312. The van der Waals surface area contributed by atoms with E-state index < -0.39 is 0 Å². The third-order valence-corrected chi connectivity index (χ3v) is 4.29. The molecule has 0 amide bonds. The van der Waals surface area contributed by atoms with Crippen molar-refractivity contribution in [3.05, 3.63) is 58.3 Å². The highest BCUT2D eigenvalue weighted by Crippen LogP contribution is 2.38. The monoisotopic (exact) mass is 316 g/mol. The van der Waals surface area contributed by atoms with Crippen LogP contribution in [0.4, 0.5) is 5.69 Å². The largest absolute Gasteiger partial charge is 0.381 e. The van der Waals surface area contributed by atoms with Crippen LogP contribution in [0.5, 0.6) is 0 Å². The lowest BCUT2D eigenvalue weighted by molar-refractivity contribution is 0.374. The summed E-state index contributed by atoms with van der Waals surface area (Å²) in [5.74, 6) is 0.698. The maximum atomic E-state index is 4.31. The standard InChI is InChI=1S/C16H17BrN2/c1-11-2-7-15(10-18-11)19-16-8-13(9-16)12-3-5-14(17)6-4-12/h2-7,10,13,16,19H,8-9H2,1H3. The van der Waals surface area contributed by atoms with E-state index in [1.165, 1.54) is 18.4 Å². The van der Waals surface area contributed by atoms with Crippen molar-refractivity contribution in [2.45, 2.75) is 31.7 Å². The molecule has 0 radical (unpaired) electrons. The number of aromatic nitrogens is 1. The zero-order valence-electron chi connectivity index (χ0n) is 10.9. The van der Waals surface area contributed by atoms with Gasteiger partial charge in [0.1, 0.15) is 0 Å². The molecule has 3 rings (SSSR count). The van der Waals surface area contributed by atoms with Gasteiger partial charge in [-0.2, -0.15) is 0 Å². The van der Waals surface area contributed by atoms with Gasteiger partial charge in [0.05, 0.1) is 11.9 Å². The minimum atomic E-state index is 0.582. The van der Waals surface area contributed by atoms with E-state index in [2.05, 4.69) is 56.6 Å². The highest BCUT2D eigenvalue weighted by molar-refractivity contribution is 9.10. The number of rotatable bonds is 3. The molecule has 1 aliphatic rings. The molecule has 3 heteroatoms. The Morgan fingerprint density at radius 3 is 2.47 bits per heavy atom. The predicted molar refractivity (Wildman–Crippen MR) is 82.5 cm³/mol. The normalized spacial score (nSPS) is 21.8. The lowest BCUT2D eigenvalue weighted by Gasteiger charge is -2.36. The molecule has 1 N–H and O–H groups in total. The summed E-state index contributed by atoms with van der Waals surface area (Å²) in [6.07, 6.45) is 4.33. The maximum Gasteiger partial charge on any atom is 0.0529 e. The smallest absolute Gasteiger partial charge is 0.0529 e. The molecule has 2 aromatic rings. The summed E-state index contributed by atoms with van der Waals surface area (Å²) in [5, 5.41) is 3.54. The van der Waals surface area contributed by atoms with Crippen molar-refractivity contribution >= 4 is 21.6 Å². The van der Waals surface area contributed by atoms with Crippen LogP contribution in [-0.4, -0.2) is 11.0 Å². The van der Waals surface area contributed by atoms with Crippen LogP contribution < -0.4 is 5.32 Å². The third kappa shape index (κ3) is 2.98. The summed E-state index contributed by atoms with van der Waals surface area (Å²) in [6.45, 7) is 2.01. The first-order valence-corrected chi connectivity index (χ1v) is 7.44. The molecule has 1 saturated carbocycles. The van der Waals surface area contributed by atoms with Crippen LogP contribution in [0, 0.1) is 6.92 Å². The fourth-order valence-corrected chi connectivity index (χ4v) is 2.80. The van der Waals surface area contributed by atoms with Gasteiger partial charge in [0, 0.05) is 16.2 Å². The van der Waals surface area contributed by atoms with Crippen LogP contribution in [0.15, 0.2) is 47.1 Å². The van der Waals surface area contributed by atoms with Crippen molar-refractivity contribution in [3.8, 4) is 0 Å². The number of nitrogens with zero attached hydrogens (tertiary/aromatic N) is 1. The van der Waals surface area contributed by atoms with Crippen LogP contribution >= 0.6 is 15.9 Å². The van der Waals surface area contributed by atoms with E-state index in [4.69, 9.17) is 0 Å². The van der Waals surface area contributed by atoms with Gasteiger partial charge in [-0.05, 0) is 55.5 Å². The molecule has 1 aromatic heterocycles. The molecule has 0 bridgehead atoms. The number of halogens is 1. The molecule has 0 atom stereocenters. The van der Waals surface area contributed by atoms with Crippen molar-refractivity contribution in [1.29, 1.82) is 0 Å². The third-order valence-electron chi connectivity index (χ3n) is 3.76. The fourth-order valence-electron chi connectivity index (χ4n) is 2.53. The number of anilines is 1. The number of benzene rings is 1. The van der Waals surface area contributed by atoms with E-state index in [1.807, 2.05) is 19.2 Å². The zero-order valence-corrected chi connectivity index (χ0v) is 12.5. The second-order valence-electron chi connectivity index (χ2n) is 5.25. The molecule has 0 saturated heterocycles. The summed E-state index contributed by atoms with van der Waals surface area (Å²) >= 11 is 3.48. The second-order valence-corrected chi connectivity index (χ2v) is 6.17. The Morgan fingerprint density at radius 1 is 1.11 bits per heavy atom. The Morgan fingerprint density at radius 2 is 1.84 bits per heavy atom. The molecule has 1 fully saturated rings. The number of nitrogens with one attached hydrogen (secondary N) is 1. The summed E-state index contributed by atoms with van der Waals surface area (Å²) in [6, 6.07) is 13.4. The van der Waals surface area contributed by atoms with E-state index in [0.717, 1.165) is 15.9 Å². The van der Waals surface area contributed by atoms with Gasteiger partial charge in [-0.25, -0.2) is 0 Å². The van der Waals surface area contributed by atoms with Crippen LogP contribution in [0.25, 0.3) is 0 Å². The Hall–Kier alpha value is -1.35. The lowest BCUT2D eigenvalue weighted by atomic mass is 9.76. The molecule has 1 heterocycles. The lowest BCUT2D eigenvalue weighted by Crippen LogP contribution is -2.34. The SMILES string of the molecule is Cc1ccc(NC2CC(c3ccc(Br)cc3)C2)cn1. The summed E-state index contributed by atoms with van der Waals surface area (Å²) in [5.41, 5.74) is 3.64. The first-order chi connectivity index (χ1) is 9.20. The van der Waals surface area contributed by atoms with E-state index in [1.54, 1.807) is 0 Å². The molecule has 0 unspecified atom stereocenters. The predicted octanol–water partition coefficient (Wildman–Crippen LogP) is 4.51. The summed E-state index contributed by atoms with van der Waals surface area (Å²) < 4.78 is 1.15. The van der Waals surface area contributed by atoms with Crippen molar-refractivity contribution in [2.75, 3.05) is 5.32 Å². The molecule has 98 valence electrons. The van der Waals surface area contributed by atoms with Crippen LogP contribution in [0.1, 0.15) is 30.0 Å². The van der Waals surface area contributed by atoms with Gasteiger partial charge in [-0.3, -0.25) is 4.98 Å². The van der Waals surface area contributed by atoms with Crippen LogP contribution in [-0.2, 0) is 0 Å². The zero-order chi connectivity index (χ0) is 13.2. The van der Waals surface area contributed by atoms with Gasteiger partial charge in [-0.1, -0.05) is 28.1 Å². The highest BCUT2D eigenvalue weighted by atomic mass is 79.9. The topological polar surface area (TPSA) is 24.9 Å². The second kappa shape index (κ2) is 5.33. The van der Waals surface area contributed by atoms with Gasteiger partial charge in [-0.15, -0.1) is 0 Å². The number of pyridine rings is 1. The Bertz CT molecular complexity index is 542. The van der Waals surface area contributed by atoms with Crippen molar-refractivity contribution in [2.24, 2.45) is 0 Å². The van der Waals surface area contributed by atoms with Gasteiger partial charge in [0.2, 0.25) is 0 Å². The van der Waals surface area contributed by atoms with Crippen molar-refractivity contribution < 1.29 is 0 Å². The molecule has 0 spiro atoms. The maximum absolute atomic E-state index is 4.31. The number of hydrogen-bond donors (Lipinski definition) is 1. The van der Waals surface area contributed by atoms with E-state index in [9.17, 15) is 0 Å². The van der Waals surface area contributed by atoms with E-state index in [-0.39, 0.29) is 0 Å². The minimum absolute atomic E-state index is 0.582. The molecule has 19 heavy (non-hydrogen) atoms. The average Bonchev–Trinajstić information content (AvgIpc) is 2.37. The molecular formula is C16H17BrN2. The Kier molecular flexibility index (Phi) is 3.56. The minimum Gasteiger partial charge on any atom is -0.381 e. The molecule has 0 aliphatic heterocycles. The van der Waals surface area contributed by atoms with E-state index >= 15 is 0 Å². The highest BCUT2D eigenvalue weighted by Gasteiger charge is 2.30. The van der Waals surface area contributed by atoms with Crippen molar-refractivity contribution in [1.82, 2.24) is 4.98 Å². The quantitative estimate of drug-likeness (QED) is 0.901. The van der Waals surface area contributed by atoms with Gasteiger partial charge < -0.3 is 5.32 Å². The summed E-state index contributed by atoms with van der Waals surface area (Å²) in [7, 11) is 0. The Balaban J connectivity index is 1.55. The van der Waals surface area contributed by atoms with Gasteiger partial charge in [0.25, 0.3) is 0 Å². The van der Waals surface area contributed by atoms with Crippen molar-refractivity contribution in [3.63, 3.8) is 0 Å². The Labute approximate surface area is 122 Å². The number of aryl methyl sites for hydroxylation is 1. The molecule has 1 aliphatic carbocycles. The van der Waals surface area contributed by atoms with Crippen LogP contribution in [0.2, 0.25) is 0 Å². The average molecular weight is 317 g/mol. The first-order valence-electron chi connectivity index (χ1n) is 6.65. The van der Waals surface area contributed by atoms with Gasteiger partial charge in [0.15, 0.2) is 0 Å². The van der Waals surface area contributed by atoms with Gasteiger partial charge >= 0.3 is 0 Å². The summed E-state index contributed by atoms with van der Waals surface area (Å²) in [4.78, 5) is 4.31. The van der Waals surface area contributed by atoms with Crippen LogP contribution in [0.3, 0.4) is 0 Å². The molecular weight excluding hydrogens is 300 g/mol.